The Kier molecular flexibility index (Phi) is 5.11. The molecule has 0 aromatic carbocycles. The molecule has 2 atom stereocenters. The Labute approximate surface area is 110 Å². The molecule has 1 saturated heterocycles. The summed E-state index contributed by atoms with van der Waals surface area (Å²) >= 11 is 0. The number of aliphatic hydroxyl groups excluding tert-OH is 1. The van der Waals surface area contributed by atoms with Crippen LogP contribution < -0.4 is 0 Å². The van der Waals surface area contributed by atoms with E-state index in [2.05, 4.69) is 4.74 Å². The second-order valence-electron chi connectivity index (χ2n) is 4.37. The third-order valence-corrected chi connectivity index (χ3v) is 3.05. The molecule has 1 heterocycles. The number of nitrogens with zero attached hydrogens (tertiary/aromatic N) is 2. The third kappa shape index (κ3) is 3.82. The fourth-order valence-electron chi connectivity index (χ4n) is 1.97. The quantitative estimate of drug-likeness (QED) is 0.645. The van der Waals surface area contributed by atoms with Gasteiger partial charge in [0.2, 0.25) is 5.91 Å². The lowest BCUT2D eigenvalue weighted by Gasteiger charge is -2.38. The molecule has 8 nitrogen and oxygen atoms in total. The minimum Gasteiger partial charge on any atom is -0.469 e. The van der Waals surface area contributed by atoms with Crippen LogP contribution in [0, 0.1) is 0 Å². The maximum Gasteiger partial charge on any atom is 0.408 e. The first-order chi connectivity index (χ1) is 8.86. The highest BCUT2D eigenvalue weighted by Gasteiger charge is 2.35. The Morgan fingerprint density at radius 2 is 2.11 bits per heavy atom. The Morgan fingerprint density at radius 1 is 1.47 bits per heavy atom. The number of aliphatic hydroxyl groups is 1. The number of hydrogen-bond donors (Lipinski definition) is 2. The van der Waals surface area contributed by atoms with Crippen LogP contribution >= 0.6 is 0 Å². The summed E-state index contributed by atoms with van der Waals surface area (Å²) in [6, 6.07) is -0.781. The molecule has 1 fully saturated rings. The standard InChI is InChI=1S/C11H18N2O6/c1-7-10(16)12(3-4-13(7)11(17)18)6-8(14)5-9(15)19-2/h7-8,14H,3-6H2,1-2H3,(H,17,18)/t7-,8-/m0/s1. The lowest BCUT2D eigenvalue weighted by molar-refractivity contribution is -0.146. The number of methoxy groups -OCH3 is 1. The van der Waals surface area contributed by atoms with Crippen molar-refractivity contribution in [3.8, 4) is 0 Å². The zero-order chi connectivity index (χ0) is 14.6. The van der Waals surface area contributed by atoms with Crippen LogP contribution in [0.3, 0.4) is 0 Å². The summed E-state index contributed by atoms with van der Waals surface area (Å²) < 4.78 is 4.42. The minimum absolute atomic E-state index is 0.00820. The first-order valence-electron chi connectivity index (χ1n) is 5.90. The summed E-state index contributed by atoms with van der Waals surface area (Å²) in [6.07, 6.45) is -2.35. The number of hydrogen-bond acceptors (Lipinski definition) is 5. The highest BCUT2D eigenvalue weighted by atomic mass is 16.5. The lowest BCUT2D eigenvalue weighted by atomic mass is 10.1. The Balaban J connectivity index is 2.55. The normalized spacial score (nSPS) is 21.2. The average Bonchev–Trinajstić information content (AvgIpc) is 2.34. The van der Waals surface area contributed by atoms with Gasteiger partial charge >= 0.3 is 12.1 Å². The number of piperazine rings is 1. The molecule has 0 aromatic rings. The van der Waals surface area contributed by atoms with Gasteiger partial charge in [0.1, 0.15) is 6.04 Å². The summed E-state index contributed by atoms with van der Waals surface area (Å²) in [5.41, 5.74) is 0. The van der Waals surface area contributed by atoms with Gasteiger partial charge in [-0.1, -0.05) is 0 Å². The van der Waals surface area contributed by atoms with Gasteiger partial charge in [-0.3, -0.25) is 14.5 Å². The van der Waals surface area contributed by atoms with Crippen LogP contribution in [0.5, 0.6) is 0 Å². The molecular formula is C11H18N2O6. The van der Waals surface area contributed by atoms with E-state index in [9.17, 15) is 19.5 Å². The third-order valence-electron chi connectivity index (χ3n) is 3.05. The molecule has 8 heteroatoms. The van der Waals surface area contributed by atoms with Crippen molar-refractivity contribution in [2.45, 2.75) is 25.5 Å². The predicted octanol–water partition coefficient (Wildman–Crippen LogP) is -0.879. The Morgan fingerprint density at radius 3 is 2.63 bits per heavy atom. The van der Waals surface area contributed by atoms with Gasteiger partial charge in [-0.15, -0.1) is 0 Å². The molecule has 0 radical (unpaired) electrons. The number of carbonyl (C=O) groups is 3. The van der Waals surface area contributed by atoms with Gasteiger partial charge in [0.15, 0.2) is 0 Å². The monoisotopic (exact) mass is 274 g/mol. The number of rotatable bonds is 4. The zero-order valence-electron chi connectivity index (χ0n) is 10.9. The highest BCUT2D eigenvalue weighted by molar-refractivity contribution is 5.86. The maximum absolute atomic E-state index is 11.9. The van der Waals surface area contributed by atoms with Crippen LogP contribution in [0.2, 0.25) is 0 Å². The van der Waals surface area contributed by atoms with Crippen LogP contribution in [-0.2, 0) is 14.3 Å². The summed E-state index contributed by atoms with van der Waals surface area (Å²) in [4.78, 5) is 36.2. The largest absolute Gasteiger partial charge is 0.469 e. The maximum atomic E-state index is 11.9. The number of carbonyl (C=O) groups excluding carboxylic acids is 2. The van der Waals surface area contributed by atoms with Crippen molar-refractivity contribution in [3.63, 3.8) is 0 Å². The topological polar surface area (TPSA) is 107 Å². The van der Waals surface area contributed by atoms with Crippen molar-refractivity contribution in [2.24, 2.45) is 0 Å². The molecule has 0 aliphatic carbocycles. The number of esters is 1. The second kappa shape index (κ2) is 6.37. The van der Waals surface area contributed by atoms with E-state index < -0.39 is 24.2 Å². The van der Waals surface area contributed by atoms with Gasteiger partial charge in [0, 0.05) is 19.6 Å². The van der Waals surface area contributed by atoms with Gasteiger partial charge in [-0.25, -0.2) is 4.79 Å². The van der Waals surface area contributed by atoms with Crippen molar-refractivity contribution in [1.82, 2.24) is 9.80 Å². The Bertz CT molecular complexity index is 372. The van der Waals surface area contributed by atoms with Gasteiger partial charge in [-0.2, -0.15) is 0 Å². The molecule has 19 heavy (non-hydrogen) atoms. The van der Waals surface area contributed by atoms with Crippen molar-refractivity contribution in [2.75, 3.05) is 26.7 Å². The molecule has 0 unspecified atom stereocenters. The van der Waals surface area contributed by atoms with E-state index in [1.165, 1.54) is 18.9 Å². The van der Waals surface area contributed by atoms with Crippen LogP contribution in [0.25, 0.3) is 0 Å². The van der Waals surface area contributed by atoms with Crippen molar-refractivity contribution in [1.29, 1.82) is 0 Å². The van der Waals surface area contributed by atoms with Gasteiger partial charge < -0.3 is 19.8 Å². The second-order valence-corrected chi connectivity index (χ2v) is 4.37. The number of ether oxygens (including phenoxy) is 1. The number of carboxylic acid groups (broad SMARTS) is 1. The average molecular weight is 274 g/mol. The van der Waals surface area contributed by atoms with E-state index in [1.54, 1.807) is 0 Å². The van der Waals surface area contributed by atoms with E-state index in [0.29, 0.717) is 0 Å². The first-order valence-corrected chi connectivity index (χ1v) is 5.90. The number of β-amino-alcohol motifs (C(OH)–C–C–N with tert-alkyl or cyclic N) is 1. The fraction of sp³-hybridized carbons (Fsp3) is 0.727. The molecule has 108 valence electrons. The molecular weight excluding hydrogens is 256 g/mol. The zero-order valence-corrected chi connectivity index (χ0v) is 10.9. The first kappa shape index (κ1) is 15.2. The Hall–Kier alpha value is -1.83. The van der Waals surface area contributed by atoms with E-state index in [1.807, 2.05) is 0 Å². The predicted molar refractivity (Wildman–Crippen MR) is 63.4 cm³/mol. The van der Waals surface area contributed by atoms with E-state index in [-0.39, 0.29) is 32.0 Å². The molecule has 0 spiro atoms. The molecule has 2 amide bonds. The van der Waals surface area contributed by atoms with Crippen molar-refractivity contribution in [3.05, 3.63) is 0 Å². The molecule has 2 N–H and O–H groups in total. The molecule has 0 saturated carbocycles. The van der Waals surface area contributed by atoms with Gasteiger partial charge in [0.25, 0.3) is 0 Å². The van der Waals surface area contributed by atoms with E-state index >= 15 is 0 Å². The summed E-state index contributed by atoms with van der Waals surface area (Å²) in [5.74, 6) is -0.935. The van der Waals surface area contributed by atoms with Gasteiger partial charge in [-0.05, 0) is 6.92 Å². The van der Waals surface area contributed by atoms with Gasteiger partial charge in [0.05, 0.1) is 19.6 Å². The van der Waals surface area contributed by atoms with E-state index in [0.717, 1.165) is 4.90 Å². The molecule has 1 aliphatic heterocycles. The molecule has 1 aliphatic rings. The van der Waals surface area contributed by atoms with Crippen LogP contribution in [0.1, 0.15) is 13.3 Å². The van der Waals surface area contributed by atoms with Crippen LogP contribution in [0.15, 0.2) is 0 Å². The number of amides is 2. The minimum atomic E-state index is -1.14. The summed E-state index contributed by atoms with van der Waals surface area (Å²) in [6.45, 7) is 1.88. The SMILES string of the molecule is COC(=O)C[C@H](O)CN1CCN(C(=O)O)[C@@H](C)C1=O. The fourth-order valence-corrected chi connectivity index (χ4v) is 1.97. The summed E-state index contributed by atoms with van der Waals surface area (Å²) in [7, 11) is 1.22. The van der Waals surface area contributed by atoms with E-state index in [4.69, 9.17) is 5.11 Å². The highest BCUT2D eigenvalue weighted by Crippen LogP contribution is 2.12. The van der Waals surface area contributed by atoms with Crippen molar-refractivity contribution < 1.29 is 29.3 Å². The van der Waals surface area contributed by atoms with Crippen LogP contribution in [0.4, 0.5) is 4.79 Å². The van der Waals surface area contributed by atoms with Crippen molar-refractivity contribution >= 4 is 18.0 Å². The smallest absolute Gasteiger partial charge is 0.408 e. The van der Waals surface area contributed by atoms with Crippen LogP contribution in [-0.4, -0.2) is 76.9 Å². The molecule has 1 rings (SSSR count). The molecule has 0 aromatic heterocycles. The molecule has 0 bridgehead atoms. The summed E-state index contributed by atoms with van der Waals surface area (Å²) in [5, 5.41) is 18.5. The lowest BCUT2D eigenvalue weighted by Crippen LogP contribution is -2.58.